The van der Waals surface area contributed by atoms with E-state index in [0.717, 1.165) is 17.7 Å². The molecule has 0 aliphatic rings. The minimum Gasteiger partial charge on any atom is -0.497 e. The summed E-state index contributed by atoms with van der Waals surface area (Å²) in [5, 5.41) is 6.08. The quantitative estimate of drug-likeness (QED) is 0.685. The largest absolute Gasteiger partial charge is 0.497 e. The number of thiophene rings is 1. The molecule has 6 nitrogen and oxygen atoms in total. The average molecular weight is 343 g/mol. The lowest BCUT2D eigenvalue weighted by molar-refractivity contribution is 0.0949. The summed E-state index contributed by atoms with van der Waals surface area (Å²) in [6.45, 7) is 2.50. The lowest BCUT2D eigenvalue weighted by Gasteiger charge is -2.04. The topological polar surface area (TPSA) is 66.2 Å². The summed E-state index contributed by atoms with van der Waals surface area (Å²) in [4.78, 5) is 17.7. The van der Waals surface area contributed by atoms with E-state index >= 15 is 0 Å². The van der Waals surface area contributed by atoms with Crippen LogP contribution in [-0.2, 0) is 0 Å². The first-order valence-corrected chi connectivity index (χ1v) is 8.43. The van der Waals surface area contributed by atoms with Crippen molar-refractivity contribution < 1.29 is 14.3 Å². The molecule has 124 valence electrons. The van der Waals surface area contributed by atoms with Crippen molar-refractivity contribution in [3.8, 4) is 23.1 Å². The van der Waals surface area contributed by atoms with Gasteiger partial charge in [0.05, 0.1) is 18.6 Å². The van der Waals surface area contributed by atoms with Crippen molar-refractivity contribution in [3.63, 3.8) is 0 Å². The van der Waals surface area contributed by atoms with Gasteiger partial charge in [0.15, 0.2) is 5.82 Å². The van der Waals surface area contributed by atoms with Crippen molar-refractivity contribution in [2.24, 2.45) is 0 Å². The Bertz CT molecular complexity index is 810. The second kappa shape index (κ2) is 7.27. The van der Waals surface area contributed by atoms with Crippen molar-refractivity contribution in [2.75, 3.05) is 13.7 Å². The standard InChI is InChI=1S/C17H17N3O3S/c1-3-10-23-17-18-15(12-6-8-13(22-2)9-7-12)20(19-17)16(21)14-5-4-11-24-14/h4-9,11H,3,10H2,1-2H3. The van der Waals surface area contributed by atoms with E-state index in [1.807, 2.05) is 42.6 Å². The van der Waals surface area contributed by atoms with Gasteiger partial charge in [-0.25, -0.2) is 0 Å². The van der Waals surface area contributed by atoms with E-state index in [0.29, 0.717) is 17.3 Å². The number of nitrogens with zero attached hydrogens (tertiary/aromatic N) is 3. The summed E-state index contributed by atoms with van der Waals surface area (Å²) in [7, 11) is 1.61. The van der Waals surface area contributed by atoms with E-state index in [1.54, 1.807) is 13.2 Å². The molecular formula is C17H17N3O3S. The second-order valence-electron chi connectivity index (χ2n) is 4.99. The van der Waals surface area contributed by atoms with Gasteiger partial charge in [-0.1, -0.05) is 13.0 Å². The normalized spacial score (nSPS) is 10.6. The number of methoxy groups -OCH3 is 1. The number of rotatable bonds is 6. The third-order valence-electron chi connectivity index (χ3n) is 3.30. The molecule has 0 saturated heterocycles. The number of benzene rings is 1. The molecule has 0 fully saturated rings. The maximum atomic E-state index is 12.7. The van der Waals surface area contributed by atoms with Crippen molar-refractivity contribution in [2.45, 2.75) is 13.3 Å². The fraction of sp³-hybridized carbons (Fsp3) is 0.235. The highest BCUT2D eigenvalue weighted by Gasteiger charge is 2.20. The SMILES string of the molecule is CCCOc1nc(-c2ccc(OC)cc2)n(C(=O)c2cccs2)n1. The van der Waals surface area contributed by atoms with Gasteiger partial charge in [-0.2, -0.15) is 9.67 Å². The number of ether oxygens (including phenoxy) is 2. The van der Waals surface area contributed by atoms with Gasteiger partial charge in [-0.15, -0.1) is 16.4 Å². The van der Waals surface area contributed by atoms with Crippen LogP contribution in [0, 0.1) is 0 Å². The highest BCUT2D eigenvalue weighted by atomic mass is 32.1. The molecule has 0 N–H and O–H groups in total. The molecule has 24 heavy (non-hydrogen) atoms. The fourth-order valence-electron chi connectivity index (χ4n) is 2.12. The Morgan fingerprint density at radius 1 is 1.25 bits per heavy atom. The van der Waals surface area contributed by atoms with E-state index < -0.39 is 0 Å². The lowest BCUT2D eigenvalue weighted by atomic mass is 10.2. The highest BCUT2D eigenvalue weighted by molar-refractivity contribution is 7.12. The van der Waals surface area contributed by atoms with Crippen LogP contribution in [0.25, 0.3) is 11.4 Å². The van der Waals surface area contributed by atoms with Crippen molar-refractivity contribution in [1.29, 1.82) is 0 Å². The minimum atomic E-state index is -0.227. The molecule has 0 aliphatic carbocycles. The van der Waals surface area contributed by atoms with Crippen LogP contribution in [0.3, 0.4) is 0 Å². The van der Waals surface area contributed by atoms with Gasteiger partial charge in [-0.05, 0) is 42.1 Å². The molecule has 3 rings (SSSR count). The number of aromatic nitrogens is 3. The van der Waals surface area contributed by atoms with E-state index in [4.69, 9.17) is 9.47 Å². The second-order valence-corrected chi connectivity index (χ2v) is 5.94. The number of carbonyl (C=O) groups excluding carboxylic acids is 1. The van der Waals surface area contributed by atoms with E-state index in [-0.39, 0.29) is 11.9 Å². The van der Waals surface area contributed by atoms with E-state index in [9.17, 15) is 4.79 Å². The molecule has 2 heterocycles. The van der Waals surface area contributed by atoms with Gasteiger partial charge in [0.25, 0.3) is 5.91 Å². The zero-order valence-corrected chi connectivity index (χ0v) is 14.2. The summed E-state index contributed by atoms with van der Waals surface area (Å²) in [6, 6.07) is 11.1. The molecule has 0 radical (unpaired) electrons. The Hall–Kier alpha value is -2.67. The number of hydrogen-bond donors (Lipinski definition) is 0. The Labute approximate surface area is 143 Å². The van der Waals surface area contributed by atoms with Crippen molar-refractivity contribution in [3.05, 3.63) is 46.7 Å². The van der Waals surface area contributed by atoms with Crippen molar-refractivity contribution in [1.82, 2.24) is 14.8 Å². The Balaban J connectivity index is 2.01. The molecule has 3 aromatic rings. The van der Waals surface area contributed by atoms with Crippen LogP contribution in [-0.4, -0.2) is 34.4 Å². The maximum Gasteiger partial charge on any atom is 0.336 e. The molecule has 0 spiro atoms. The summed E-state index contributed by atoms with van der Waals surface area (Å²) in [6.07, 6.45) is 0.839. The van der Waals surface area contributed by atoms with Crippen molar-refractivity contribution >= 4 is 17.2 Å². The Kier molecular flexibility index (Phi) is 4.90. The molecule has 2 aromatic heterocycles. The predicted octanol–water partition coefficient (Wildman–Crippen LogP) is 3.49. The van der Waals surface area contributed by atoms with Crippen LogP contribution in [0.5, 0.6) is 11.8 Å². The molecule has 0 amide bonds. The Morgan fingerprint density at radius 3 is 2.67 bits per heavy atom. The van der Waals surface area contributed by atoms with Crippen LogP contribution >= 0.6 is 11.3 Å². The zero-order chi connectivity index (χ0) is 16.9. The fourth-order valence-corrected chi connectivity index (χ4v) is 2.77. The van der Waals surface area contributed by atoms with Crippen LogP contribution in [0.15, 0.2) is 41.8 Å². The van der Waals surface area contributed by atoms with Crippen LogP contribution in [0.1, 0.15) is 23.0 Å². The Morgan fingerprint density at radius 2 is 2.04 bits per heavy atom. The zero-order valence-electron chi connectivity index (χ0n) is 13.4. The summed E-state index contributed by atoms with van der Waals surface area (Å²) >= 11 is 1.36. The monoisotopic (exact) mass is 343 g/mol. The van der Waals surface area contributed by atoms with Gasteiger partial charge in [0, 0.05) is 5.56 Å². The van der Waals surface area contributed by atoms with Gasteiger partial charge >= 0.3 is 6.01 Å². The van der Waals surface area contributed by atoms with Gasteiger partial charge in [0.2, 0.25) is 0 Å². The number of hydrogen-bond acceptors (Lipinski definition) is 6. The molecule has 0 atom stereocenters. The first-order chi connectivity index (χ1) is 11.7. The molecule has 0 bridgehead atoms. The van der Waals surface area contributed by atoms with Gasteiger partial charge in [-0.3, -0.25) is 4.79 Å². The summed E-state index contributed by atoms with van der Waals surface area (Å²) in [5.74, 6) is 0.952. The minimum absolute atomic E-state index is 0.201. The molecule has 0 aliphatic heterocycles. The first kappa shape index (κ1) is 16.2. The molecular weight excluding hydrogens is 326 g/mol. The van der Waals surface area contributed by atoms with E-state index in [1.165, 1.54) is 16.0 Å². The third-order valence-corrected chi connectivity index (χ3v) is 4.15. The smallest absolute Gasteiger partial charge is 0.336 e. The molecule has 0 unspecified atom stereocenters. The molecule has 7 heteroatoms. The van der Waals surface area contributed by atoms with Crippen LogP contribution < -0.4 is 9.47 Å². The highest BCUT2D eigenvalue weighted by Crippen LogP contribution is 2.24. The van der Waals surface area contributed by atoms with Gasteiger partial charge in [0.1, 0.15) is 5.75 Å². The summed E-state index contributed by atoms with van der Waals surface area (Å²) in [5.41, 5.74) is 0.763. The molecule has 1 aromatic carbocycles. The first-order valence-electron chi connectivity index (χ1n) is 7.55. The van der Waals surface area contributed by atoms with E-state index in [2.05, 4.69) is 10.1 Å². The number of carbonyl (C=O) groups is 1. The third kappa shape index (κ3) is 3.30. The van der Waals surface area contributed by atoms with Crippen LogP contribution in [0.4, 0.5) is 0 Å². The maximum absolute atomic E-state index is 12.7. The van der Waals surface area contributed by atoms with Gasteiger partial charge < -0.3 is 9.47 Å². The van der Waals surface area contributed by atoms with Crippen LogP contribution in [0.2, 0.25) is 0 Å². The lowest BCUT2D eigenvalue weighted by Crippen LogP contribution is -2.14. The predicted molar refractivity (Wildman–Crippen MR) is 91.8 cm³/mol. The average Bonchev–Trinajstić information content (AvgIpc) is 3.29. The summed E-state index contributed by atoms with van der Waals surface area (Å²) < 4.78 is 12.0. The molecule has 0 saturated carbocycles.